The second-order valence-corrected chi connectivity index (χ2v) is 3.03. The Morgan fingerprint density at radius 2 is 2.19 bits per heavy atom. The highest BCUT2D eigenvalue weighted by molar-refractivity contribution is 5.57. The molecule has 0 aliphatic heterocycles. The summed E-state index contributed by atoms with van der Waals surface area (Å²) in [5.74, 6) is 0.818. The number of nitrogens with zero attached hydrogens (tertiary/aromatic N) is 3. The van der Waals surface area contributed by atoms with Gasteiger partial charge in [0.15, 0.2) is 5.75 Å². The molecule has 1 aromatic carbocycles. The van der Waals surface area contributed by atoms with Crippen molar-refractivity contribution in [3.8, 4) is 17.7 Å². The van der Waals surface area contributed by atoms with Crippen LogP contribution in [0.2, 0.25) is 0 Å². The van der Waals surface area contributed by atoms with Crippen LogP contribution in [0.3, 0.4) is 0 Å². The average Bonchev–Trinajstić information content (AvgIpc) is 2.33. The molecule has 1 heterocycles. The van der Waals surface area contributed by atoms with E-state index in [1.165, 1.54) is 0 Å². The summed E-state index contributed by atoms with van der Waals surface area (Å²) in [6.45, 7) is 0. The van der Waals surface area contributed by atoms with Gasteiger partial charge in [0.1, 0.15) is 0 Å². The average molecular weight is 212 g/mol. The lowest BCUT2D eigenvalue weighted by molar-refractivity contribution is 0.457. The molecule has 0 aliphatic rings. The van der Waals surface area contributed by atoms with Crippen LogP contribution in [-0.2, 0) is 0 Å². The Morgan fingerprint density at radius 3 is 2.81 bits per heavy atom. The molecule has 0 unspecified atom stereocenters. The van der Waals surface area contributed by atoms with E-state index in [9.17, 15) is 0 Å². The number of rotatable bonds is 2. The predicted octanol–water partition coefficient (Wildman–Crippen LogP) is 1.72. The maximum absolute atomic E-state index is 8.67. The molecule has 0 bridgehead atoms. The summed E-state index contributed by atoms with van der Waals surface area (Å²) in [5, 5.41) is 16.1. The zero-order valence-corrected chi connectivity index (χ0v) is 8.29. The molecule has 1 aromatic heterocycles. The molecule has 0 saturated heterocycles. The van der Waals surface area contributed by atoms with Crippen molar-refractivity contribution < 1.29 is 4.74 Å². The Bertz CT molecular complexity index is 533. The first-order valence-electron chi connectivity index (χ1n) is 4.55. The highest BCUT2D eigenvalue weighted by atomic mass is 16.5. The lowest BCUT2D eigenvalue weighted by Crippen LogP contribution is -1.94. The van der Waals surface area contributed by atoms with Crippen LogP contribution in [0.4, 0.5) is 5.69 Å². The van der Waals surface area contributed by atoms with E-state index in [0.29, 0.717) is 22.9 Å². The minimum absolute atomic E-state index is 0.360. The number of ether oxygens (including phenoxy) is 1. The number of benzene rings is 1. The molecule has 0 fully saturated rings. The zero-order valence-electron chi connectivity index (χ0n) is 8.29. The van der Waals surface area contributed by atoms with Crippen LogP contribution in [0.1, 0.15) is 5.56 Å². The number of anilines is 1. The first-order chi connectivity index (χ1) is 7.79. The molecule has 0 saturated carbocycles. The van der Waals surface area contributed by atoms with Crippen LogP contribution in [0.5, 0.6) is 11.6 Å². The summed E-state index contributed by atoms with van der Waals surface area (Å²) >= 11 is 0. The van der Waals surface area contributed by atoms with Crippen molar-refractivity contribution in [1.29, 1.82) is 5.26 Å². The summed E-state index contributed by atoms with van der Waals surface area (Å²) in [6.07, 6.45) is 1.55. The summed E-state index contributed by atoms with van der Waals surface area (Å²) < 4.78 is 5.40. The van der Waals surface area contributed by atoms with Gasteiger partial charge in [-0.3, -0.25) is 0 Å². The zero-order chi connectivity index (χ0) is 11.4. The Labute approximate surface area is 92.1 Å². The summed E-state index contributed by atoms with van der Waals surface area (Å²) in [7, 11) is 0. The second kappa shape index (κ2) is 4.28. The van der Waals surface area contributed by atoms with Gasteiger partial charge in [-0.1, -0.05) is 0 Å². The Morgan fingerprint density at radius 1 is 1.31 bits per heavy atom. The van der Waals surface area contributed by atoms with Gasteiger partial charge < -0.3 is 10.5 Å². The molecule has 16 heavy (non-hydrogen) atoms. The van der Waals surface area contributed by atoms with Crippen molar-refractivity contribution in [3.63, 3.8) is 0 Å². The highest BCUT2D eigenvalue weighted by Gasteiger charge is 2.03. The molecule has 5 nitrogen and oxygen atoms in total. The molecular weight excluding hydrogens is 204 g/mol. The maximum atomic E-state index is 8.67. The summed E-state index contributed by atoms with van der Waals surface area (Å²) in [6, 6.07) is 10.2. The molecule has 0 spiro atoms. The summed E-state index contributed by atoms with van der Waals surface area (Å²) in [4.78, 5) is 0. The lowest BCUT2D eigenvalue weighted by Gasteiger charge is -2.06. The van der Waals surface area contributed by atoms with Crippen LogP contribution in [0, 0.1) is 11.3 Å². The smallest absolute Gasteiger partial charge is 0.238 e. The van der Waals surface area contributed by atoms with E-state index in [1.54, 1.807) is 36.5 Å². The monoisotopic (exact) mass is 212 g/mol. The molecule has 0 aliphatic carbocycles. The third-order valence-corrected chi connectivity index (χ3v) is 1.90. The van der Waals surface area contributed by atoms with Gasteiger partial charge in [-0.05, 0) is 24.3 Å². The molecule has 0 atom stereocenters. The van der Waals surface area contributed by atoms with Crippen molar-refractivity contribution in [1.82, 2.24) is 10.2 Å². The molecule has 78 valence electrons. The van der Waals surface area contributed by atoms with Crippen LogP contribution in [0.15, 0.2) is 36.5 Å². The number of nitrogens with two attached hydrogens (primary N) is 1. The van der Waals surface area contributed by atoms with Crippen LogP contribution in [0.25, 0.3) is 0 Å². The second-order valence-electron chi connectivity index (χ2n) is 3.03. The van der Waals surface area contributed by atoms with E-state index in [0.717, 1.165) is 0 Å². The normalized spacial score (nSPS) is 9.44. The van der Waals surface area contributed by atoms with E-state index in [2.05, 4.69) is 10.2 Å². The van der Waals surface area contributed by atoms with Gasteiger partial charge in [0.2, 0.25) is 5.88 Å². The molecule has 0 amide bonds. The minimum atomic E-state index is 0.360. The fraction of sp³-hybridized carbons (Fsp3) is 0. The largest absolute Gasteiger partial charge is 0.435 e. The quantitative estimate of drug-likeness (QED) is 0.766. The van der Waals surface area contributed by atoms with Gasteiger partial charge in [-0.25, -0.2) is 0 Å². The Kier molecular flexibility index (Phi) is 2.65. The molecule has 5 heteroatoms. The number of hydrogen-bond acceptors (Lipinski definition) is 5. The Hall–Kier alpha value is -2.61. The number of nitriles is 1. The fourth-order valence-electron chi connectivity index (χ4n) is 1.17. The highest BCUT2D eigenvalue weighted by Crippen LogP contribution is 2.26. The third kappa shape index (κ3) is 2.07. The van der Waals surface area contributed by atoms with E-state index < -0.39 is 0 Å². The minimum Gasteiger partial charge on any atom is -0.435 e. The first kappa shape index (κ1) is 9.93. The number of nitrogen functional groups attached to an aromatic ring is 1. The van der Waals surface area contributed by atoms with Gasteiger partial charge >= 0.3 is 0 Å². The predicted molar refractivity (Wildman–Crippen MR) is 57.7 cm³/mol. The van der Waals surface area contributed by atoms with E-state index >= 15 is 0 Å². The summed E-state index contributed by atoms with van der Waals surface area (Å²) in [5.41, 5.74) is 6.60. The Balaban J connectivity index is 2.27. The van der Waals surface area contributed by atoms with Crippen molar-refractivity contribution in [2.24, 2.45) is 0 Å². The van der Waals surface area contributed by atoms with Crippen LogP contribution < -0.4 is 10.5 Å². The molecule has 2 N–H and O–H groups in total. The molecular formula is C11H8N4O. The van der Waals surface area contributed by atoms with Gasteiger partial charge in [0, 0.05) is 12.3 Å². The third-order valence-electron chi connectivity index (χ3n) is 1.90. The SMILES string of the molecule is N#Cc1ccc(Oc2cccnn2)c(N)c1. The lowest BCUT2D eigenvalue weighted by atomic mass is 10.2. The van der Waals surface area contributed by atoms with E-state index in [4.69, 9.17) is 15.7 Å². The number of hydrogen-bond donors (Lipinski definition) is 1. The van der Waals surface area contributed by atoms with E-state index in [1.807, 2.05) is 6.07 Å². The van der Waals surface area contributed by atoms with Gasteiger partial charge in [-0.15, -0.1) is 5.10 Å². The molecule has 2 rings (SSSR count). The number of aromatic nitrogens is 2. The maximum Gasteiger partial charge on any atom is 0.238 e. The first-order valence-corrected chi connectivity index (χ1v) is 4.55. The molecule has 0 radical (unpaired) electrons. The van der Waals surface area contributed by atoms with Crippen LogP contribution in [-0.4, -0.2) is 10.2 Å². The van der Waals surface area contributed by atoms with E-state index in [-0.39, 0.29) is 0 Å². The van der Waals surface area contributed by atoms with Gasteiger partial charge in [-0.2, -0.15) is 10.4 Å². The van der Waals surface area contributed by atoms with Crippen molar-refractivity contribution in [2.75, 3.05) is 5.73 Å². The molecule has 2 aromatic rings. The topological polar surface area (TPSA) is 84.8 Å². The fourth-order valence-corrected chi connectivity index (χ4v) is 1.17. The van der Waals surface area contributed by atoms with Crippen LogP contribution >= 0.6 is 0 Å². The van der Waals surface area contributed by atoms with Crippen molar-refractivity contribution >= 4 is 5.69 Å². The van der Waals surface area contributed by atoms with Gasteiger partial charge in [0.25, 0.3) is 0 Å². The van der Waals surface area contributed by atoms with Gasteiger partial charge in [0.05, 0.1) is 17.3 Å². The van der Waals surface area contributed by atoms with Crippen molar-refractivity contribution in [3.05, 3.63) is 42.1 Å². The van der Waals surface area contributed by atoms with Crippen molar-refractivity contribution in [2.45, 2.75) is 0 Å². The standard InChI is InChI=1S/C11H8N4O/c12-7-8-3-4-10(9(13)6-8)16-11-2-1-5-14-15-11/h1-6H,13H2.